The van der Waals surface area contributed by atoms with Crippen LogP contribution in [0.1, 0.15) is 73.6 Å². The Morgan fingerprint density at radius 2 is 1.67 bits per heavy atom. The lowest BCUT2D eigenvalue weighted by Gasteiger charge is -2.43. The van der Waals surface area contributed by atoms with Gasteiger partial charge in [0.15, 0.2) is 0 Å². The summed E-state index contributed by atoms with van der Waals surface area (Å²) in [6.45, 7) is 14.6. The normalized spacial score (nSPS) is 26.4. The fraction of sp³-hybridized carbons (Fsp3) is 0.905. The summed E-state index contributed by atoms with van der Waals surface area (Å²) in [5.41, 5.74) is 0.0245. The smallest absolute Gasteiger partial charge is 0.317 e. The van der Waals surface area contributed by atoms with E-state index in [1.807, 2.05) is 11.8 Å². The monoisotopic (exact) mass is 380 g/mol. The Hall–Kier alpha value is -1.46. The molecule has 2 fully saturated rings. The third-order valence-electron chi connectivity index (χ3n) is 6.46. The second-order valence-electron chi connectivity index (χ2n) is 9.96. The summed E-state index contributed by atoms with van der Waals surface area (Å²) in [5.74, 6) is 0. The number of urea groups is 2. The van der Waals surface area contributed by atoms with Gasteiger partial charge in [-0.1, -0.05) is 34.6 Å². The Balaban J connectivity index is 2.20. The lowest BCUT2D eigenvalue weighted by molar-refractivity contribution is 0.0805. The van der Waals surface area contributed by atoms with Crippen molar-refractivity contribution in [2.45, 2.75) is 91.8 Å². The van der Waals surface area contributed by atoms with E-state index in [2.05, 4.69) is 50.2 Å². The average Bonchev–Trinajstić information content (AvgIpc) is 3.20. The van der Waals surface area contributed by atoms with E-state index in [1.54, 1.807) is 7.05 Å². The van der Waals surface area contributed by atoms with Crippen molar-refractivity contribution in [2.24, 2.45) is 10.8 Å². The van der Waals surface area contributed by atoms with Crippen molar-refractivity contribution in [1.29, 1.82) is 0 Å². The molecule has 27 heavy (non-hydrogen) atoms. The van der Waals surface area contributed by atoms with Crippen LogP contribution in [0.5, 0.6) is 0 Å². The van der Waals surface area contributed by atoms with Crippen molar-refractivity contribution in [3.63, 3.8) is 0 Å². The summed E-state index contributed by atoms with van der Waals surface area (Å²) in [4.78, 5) is 29.3. The first kappa shape index (κ1) is 21.8. The zero-order valence-electron chi connectivity index (χ0n) is 18.4. The molecule has 2 heterocycles. The van der Waals surface area contributed by atoms with E-state index in [0.29, 0.717) is 6.54 Å². The zero-order valence-corrected chi connectivity index (χ0v) is 18.4. The van der Waals surface area contributed by atoms with E-state index < -0.39 is 0 Å². The largest absolute Gasteiger partial charge is 0.341 e. The maximum Gasteiger partial charge on any atom is 0.317 e. The van der Waals surface area contributed by atoms with Crippen molar-refractivity contribution in [1.82, 2.24) is 20.4 Å². The summed E-state index contributed by atoms with van der Waals surface area (Å²) in [5, 5.41) is 5.81. The molecule has 2 aliphatic heterocycles. The minimum absolute atomic E-state index is 0.0187. The molecule has 6 nitrogen and oxygen atoms in total. The minimum Gasteiger partial charge on any atom is -0.341 e. The van der Waals surface area contributed by atoms with Gasteiger partial charge < -0.3 is 20.4 Å². The highest BCUT2D eigenvalue weighted by molar-refractivity contribution is 5.75. The van der Waals surface area contributed by atoms with Crippen molar-refractivity contribution in [3.8, 4) is 0 Å². The second kappa shape index (κ2) is 8.27. The van der Waals surface area contributed by atoms with Gasteiger partial charge in [0.25, 0.3) is 0 Å². The quantitative estimate of drug-likeness (QED) is 0.779. The first-order valence-electron chi connectivity index (χ1n) is 10.6. The number of nitrogens with zero attached hydrogens (tertiary/aromatic N) is 2. The number of hydrogen-bond donors (Lipinski definition) is 2. The molecule has 0 aromatic heterocycles. The van der Waals surface area contributed by atoms with Crippen LogP contribution in [0.15, 0.2) is 0 Å². The van der Waals surface area contributed by atoms with Crippen molar-refractivity contribution in [2.75, 3.05) is 20.1 Å². The van der Waals surface area contributed by atoms with Crippen LogP contribution in [0.4, 0.5) is 9.59 Å². The Bertz CT molecular complexity index is 541. The molecule has 0 saturated carbocycles. The van der Waals surface area contributed by atoms with E-state index in [0.717, 1.165) is 38.6 Å². The molecule has 0 aromatic carbocycles. The third kappa shape index (κ3) is 4.69. The number of nitrogens with one attached hydrogen (secondary N) is 2. The van der Waals surface area contributed by atoms with Gasteiger partial charge in [0.1, 0.15) is 0 Å². The standard InChI is InChI=1S/C21H40N4O2/c1-8-23-19(27)25-15(11-12-16(25)20(2,3)4)14-21(5,6)17-10-9-13-24(17)18(26)22-7/h15-17H,8-14H2,1-7H3,(H,22,26)(H,23,27). The number of amides is 4. The first-order valence-corrected chi connectivity index (χ1v) is 10.6. The van der Waals surface area contributed by atoms with Crippen molar-refractivity contribution < 1.29 is 9.59 Å². The predicted molar refractivity (Wildman–Crippen MR) is 110 cm³/mol. The van der Waals surface area contributed by atoms with Gasteiger partial charge in [-0.15, -0.1) is 0 Å². The van der Waals surface area contributed by atoms with Gasteiger partial charge >= 0.3 is 12.1 Å². The van der Waals surface area contributed by atoms with Gasteiger partial charge in [-0.25, -0.2) is 9.59 Å². The van der Waals surface area contributed by atoms with Gasteiger partial charge in [-0.05, 0) is 49.9 Å². The number of carbonyl (C=O) groups is 2. The highest BCUT2D eigenvalue weighted by Gasteiger charge is 2.47. The Morgan fingerprint density at radius 1 is 1.00 bits per heavy atom. The van der Waals surface area contributed by atoms with Gasteiger partial charge in [0.2, 0.25) is 0 Å². The topological polar surface area (TPSA) is 64.7 Å². The van der Waals surface area contributed by atoms with E-state index in [1.165, 1.54) is 0 Å². The first-order chi connectivity index (χ1) is 12.5. The van der Waals surface area contributed by atoms with Crippen LogP contribution in [0.2, 0.25) is 0 Å². The average molecular weight is 381 g/mol. The molecular weight excluding hydrogens is 340 g/mol. The van der Waals surface area contributed by atoms with Gasteiger partial charge in [0.05, 0.1) is 0 Å². The molecule has 156 valence electrons. The molecule has 2 saturated heterocycles. The van der Waals surface area contributed by atoms with Crippen molar-refractivity contribution >= 4 is 12.1 Å². The Labute approximate surface area is 165 Å². The Kier molecular flexibility index (Phi) is 6.69. The van der Waals surface area contributed by atoms with Gasteiger partial charge in [-0.3, -0.25) is 0 Å². The fourth-order valence-corrected chi connectivity index (χ4v) is 5.19. The maximum absolute atomic E-state index is 12.9. The van der Waals surface area contributed by atoms with Crippen LogP contribution in [0.3, 0.4) is 0 Å². The molecule has 4 amide bonds. The van der Waals surface area contributed by atoms with Gasteiger partial charge in [0, 0.05) is 38.3 Å². The van der Waals surface area contributed by atoms with Crippen molar-refractivity contribution in [3.05, 3.63) is 0 Å². The minimum atomic E-state index is -0.0365. The number of rotatable bonds is 4. The molecule has 3 atom stereocenters. The van der Waals surface area contributed by atoms with E-state index >= 15 is 0 Å². The summed E-state index contributed by atoms with van der Waals surface area (Å²) in [7, 11) is 1.70. The van der Waals surface area contributed by atoms with E-state index in [9.17, 15) is 9.59 Å². The van der Waals surface area contributed by atoms with Crippen LogP contribution in [0, 0.1) is 10.8 Å². The van der Waals surface area contributed by atoms with Crippen LogP contribution in [-0.2, 0) is 0 Å². The number of hydrogen-bond acceptors (Lipinski definition) is 2. The summed E-state index contributed by atoms with van der Waals surface area (Å²) >= 11 is 0. The SMILES string of the molecule is CCNC(=O)N1C(CC(C)(C)C2CCCN2C(=O)NC)CCC1C(C)(C)C. The molecule has 2 N–H and O–H groups in total. The molecule has 0 spiro atoms. The summed E-state index contributed by atoms with van der Waals surface area (Å²) in [6, 6.07) is 0.782. The highest BCUT2D eigenvalue weighted by atomic mass is 16.2. The molecule has 2 aliphatic rings. The van der Waals surface area contributed by atoms with Crippen LogP contribution in [0.25, 0.3) is 0 Å². The van der Waals surface area contributed by atoms with E-state index in [4.69, 9.17) is 0 Å². The molecule has 6 heteroatoms. The molecule has 2 rings (SSSR count). The predicted octanol–water partition coefficient (Wildman–Crippen LogP) is 3.82. The third-order valence-corrected chi connectivity index (χ3v) is 6.46. The lowest BCUT2D eigenvalue weighted by Crippen LogP contribution is -2.54. The molecule has 0 aliphatic carbocycles. The highest BCUT2D eigenvalue weighted by Crippen LogP contribution is 2.43. The second-order valence-corrected chi connectivity index (χ2v) is 9.96. The molecular formula is C21H40N4O2. The Morgan fingerprint density at radius 3 is 2.22 bits per heavy atom. The van der Waals surface area contributed by atoms with Crippen LogP contribution < -0.4 is 10.6 Å². The molecule has 0 bridgehead atoms. The number of carbonyl (C=O) groups excluding carboxylic acids is 2. The number of likely N-dealkylation sites (tertiary alicyclic amines) is 2. The zero-order chi connectivity index (χ0) is 20.4. The fourth-order valence-electron chi connectivity index (χ4n) is 5.19. The molecule has 0 aromatic rings. The molecule has 0 radical (unpaired) electrons. The molecule has 3 unspecified atom stereocenters. The van der Waals surface area contributed by atoms with Gasteiger partial charge in [-0.2, -0.15) is 0 Å². The van der Waals surface area contributed by atoms with Crippen LogP contribution >= 0.6 is 0 Å². The lowest BCUT2D eigenvalue weighted by atomic mass is 9.77. The van der Waals surface area contributed by atoms with E-state index in [-0.39, 0.29) is 41.0 Å². The maximum atomic E-state index is 12.9. The summed E-state index contributed by atoms with van der Waals surface area (Å²) in [6.07, 6.45) is 5.10. The summed E-state index contributed by atoms with van der Waals surface area (Å²) < 4.78 is 0. The van der Waals surface area contributed by atoms with Crippen LogP contribution in [-0.4, -0.2) is 60.1 Å².